The average molecular weight is 346 g/mol. The minimum atomic E-state index is -1.08. The smallest absolute Gasteiger partial charge is 0.336 e. The number of carbonyl (C=O) groups excluding carboxylic acids is 1. The number of carboxylic acid groups (broad SMARTS) is 1. The minimum Gasteiger partial charge on any atom is -0.478 e. The molecule has 0 spiro atoms. The second-order valence-electron chi connectivity index (χ2n) is 5.62. The van der Waals surface area contributed by atoms with Crippen LogP contribution >= 0.6 is 0 Å². The van der Waals surface area contributed by atoms with Gasteiger partial charge in [-0.2, -0.15) is 0 Å². The number of allylic oxidation sites excluding steroid dienone is 1. The predicted octanol–water partition coefficient (Wildman–Crippen LogP) is 5.07. The van der Waals surface area contributed by atoms with E-state index in [9.17, 15) is 19.1 Å². The molecule has 3 aromatic carbocycles. The molecule has 0 bridgehead atoms. The van der Waals surface area contributed by atoms with Crippen molar-refractivity contribution in [2.24, 2.45) is 0 Å². The van der Waals surface area contributed by atoms with E-state index in [1.807, 2.05) is 24.3 Å². The first-order valence-electron chi connectivity index (χ1n) is 7.95. The summed E-state index contributed by atoms with van der Waals surface area (Å²) in [5.74, 6) is -1.43. The standard InChI is InChI=1S/C22H15FO3/c23-16-7-3-6-15(14-16)17-8-1-2-9-18(17)19-10-4-11-21(22(25)26)20(19)12-5-13-24/h1-14H,(H,25,26). The van der Waals surface area contributed by atoms with E-state index in [1.54, 1.807) is 24.3 Å². The lowest BCUT2D eigenvalue weighted by Crippen LogP contribution is -2.01. The van der Waals surface area contributed by atoms with Crippen LogP contribution < -0.4 is 0 Å². The van der Waals surface area contributed by atoms with Gasteiger partial charge in [0.05, 0.1) is 5.56 Å². The maximum Gasteiger partial charge on any atom is 0.336 e. The third-order valence-corrected chi connectivity index (χ3v) is 4.03. The summed E-state index contributed by atoms with van der Waals surface area (Å²) in [4.78, 5) is 22.4. The molecule has 0 saturated heterocycles. The Balaban J connectivity index is 2.28. The van der Waals surface area contributed by atoms with E-state index in [4.69, 9.17) is 0 Å². The Labute approximate surface area is 150 Å². The summed E-state index contributed by atoms with van der Waals surface area (Å²) >= 11 is 0. The van der Waals surface area contributed by atoms with Crippen molar-refractivity contribution in [1.82, 2.24) is 0 Å². The molecule has 0 fully saturated rings. The van der Waals surface area contributed by atoms with E-state index in [2.05, 4.69) is 0 Å². The monoisotopic (exact) mass is 346 g/mol. The van der Waals surface area contributed by atoms with Crippen LogP contribution in [0, 0.1) is 5.82 Å². The van der Waals surface area contributed by atoms with Crippen LogP contribution in [0.3, 0.4) is 0 Å². The third-order valence-electron chi connectivity index (χ3n) is 4.03. The molecule has 3 rings (SSSR count). The Bertz CT molecular complexity index is 1010. The normalized spacial score (nSPS) is 10.8. The van der Waals surface area contributed by atoms with Crippen LogP contribution in [0.1, 0.15) is 15.9 Å². The van der Waals surface area contributed by atoms with Gasteiger partial charge in [-0.3, -0.25) is 4.79 Å². The van der Waals surface area contributed by atoms with E-state index in [0.29, 0.717) is 23.0 Å². The molecule has 0 saturated carbocycles. The molecule has 0 aliphatic heterocycles. The summed E-state index contributed by atoms with van der Waals surface area (Å²) in [6.45, 7) is 0. The molecule has 0 heterocycles. The molecule has 26 heavy (non-hydrogen) atoms. The van der Waals surface area contributed by atoms with Gasteiger partial charge in [0, 0.05) is 0 Å². The van der Waals surface area contributed by atoms with Crippen molar-refractivity contribution in [3.8, 4) is 22.3 Å². The van der Waals surface area contributed by atoms with E-state index in [1.165, 1.54) is 30.4 Å². The van der Waals surface area contributed by atoms with Crippen LogP contribution in [0.5, 0.6) is 0 Å². The molecule has 4 heteroatoms. The number of halogens is 1. The van der Waals surface area contributed by atoms with Crippen molar-refractivity contribution in [1.29, 1.82) is 0 Å². The van der Waals surface area contributed by atoms with Crippen molar-refractivity contribution in [3.05, 3.63) is 89.8 Å². The molecular weight excluding hydrogens is 331 g/mol. The maximum atomic E-state index is 13.7. The molecular formula is C22H15FO3. The summed E-state index contributed by atoms with van der Waals surface area (Å²) < 4.78 is 13.7. The molecule has 0 aliphatic rings. The van der Waals surface area contributed by atoms with Crippen LogP contribution in [0.25, 0.3) is 28.3 Å². The molecule has 0 atom stereocenters. The molecule has 3 aromatic rings. The van der Waals surface area contributed by atoms with Crippen LogP contribution in [-0.4, -0.2) is 17.4 Å². The lowest BCUT2D eigenvalue weighted by atomic mass is 9.89. The average Bonchev–Trinajstić information content (AvgIpc) is 2.66. The number of carboxylic acids is 1. The van der Waals surface area contributed by atoms with Gasteiger partial charge >= 0.3 is 5.97 Å². The van der Waals surface area contributed by atoms with Crippen LogP contribution in [0.4, 0.5) is 4.39 Å². The summed E-state index contributed by atoms with van der Waals surface area (Å²) in [5.41, 5.74) is 3.39. The van der Waals surface area contributed by atoms with Gasteiger partial charge in [0.1, 0.15) is 12.1 Å². The zero-order valence-corrected chi connectivity index (χ0v) is 13.7. The largest absolute Gasteiger partial charge is 0.478 e. The van der Waals surface area contributed by atoms with Gasteiger partial charge in [0.25, 0.3) is 0 Å². The number of hydrogen-bond acceptors (Lipinski definition) is 2. The van der Waals surface area contributed by atoms with Crippen molar-refractivity contribution in [3.63, 3.8) is 0 Å². The molecule has 1 N–H and O–H groups in total. The second kappa shape index (κ2) is 7.57. The molecule has 0 radical (unpaired) electrons. The lowest BCUT2D eigenvalue weighted by Gasteiger charge is -2.14. The minimum absolute atomic E-state index is 0.0923. The van der Waals surface area contributed by atoms with Gasteiger partial charge in [-0.1, -0.05) is 54.6 Å². The first kappa shape index (κ1) is 17.3. The second-order valence-corrected chi connectivity index (χ2v) is 5.62. The number of benzene rings is 3. The topological polar surface area (TPSA) is 54.4 Å². The Morgan fingerprint density at radius 3 is 2.27 bits per heavy atom. The SMILES string of the molecule is O=CC=Cc1c(C(=O)O)cccc1-c1ccccc1-c1cccc(F)c1. The maximum absolute atomic E-state index is 13.7. The predicted molar refractivity (Wildman–Crippen MR) is 99.3 cm³/mol. The third kappa shape index (κ3) is 3.44. The molecule has 0 amide bonds. The Morgan fingerprint density at radius 2 is 1.58 bits per heavy atom. The van der Waals surface area contributed by atoms with Gasteiger partial charge in [-0.25, -0.2) is 9.18 Å². The van der Waals surface area contributed by atoms with Crippen molar-refractivity contribution < 1.29 is 19.1 Å². The van der Waals surface area contributed by atoms with Crippen molar-refractivity contribution in [2.45, 2.75) is 0 Å². The van der Waals surface area contributed by atoms with Gasteiger partial charge in [-0.15, -0.1) is 0 Å². The fourth-order valence-electron chi connectivity index (χ4n) is 2.93. The molecule has 0 aromatic heterocycles. The molecule has 0 aliphatic carbocycles. The number of hydrogen-bond donors (Lipinski definition) is 1. The van der Waals surface area contributed by atoms with E-state index >= 15 is 0 Å². The van der Waals surface area contributed by atoms with Gasteiger partial charge in [-0.05, 0) is 52.1 Å². The highest BCUT2D eigenvalue weighted by Gasteiger charge is 2.16. The zero-order chi connectivity index (χ0) is 18.5. The van der Waals surface area contributed by atoms with Crippen LogP contribution in [0.2, 0.25) is 0 Å². The zero-order valence-electron chi connectivity index (χ0n) is 13.7. The van der Waals surface area contributed by atoms with E-state index in [-0.39, 0.29) is 11.4 Å². The highest BCUT2D eigenvalue weighted by Crippen LogP contribution is 2.35. The van der Waals surface area contributed by atoms with Crippen LogP contribution in [-0.2, 0) is 4.79 Å². The molecule has 0 unspecified atom stereocenters. The fraction of sp³-hybridized carbons (Fsp3) is 0. The summed E-state index contributed by atoms with van der Waals surface area (Å²) in [6.07, 6.45) is 3.34. The number of aromatic carboxylic acids is 1. The quantitative estimate of drug-likeness (QED) is 0.518. The number of carbonyl (C=O) groups is 2. The summed E-state index contributed by atoms with van der Waals surface area (Å²) in [5, 5.41) is 9.49. The Hall–Kier alpha value is -3.53. The van der Waals surface area contributed by atoms with Gasteiger partial charge < -0.3 is 5.11 Å². The fourth-order valence-corrected chi connectivity index (χ4v) is 2.93. The summed E-state index contributed by atoms with van der Waals surface area (Å²) in [6, 6.07) is 18.5. The van der Waals surface area contributed by atoms with E-state index in [0.717, 1.165) is 11.1 Å². The van der Waals surface area contributed by atoms with E-state index < -0.39 is 5.97 Å². The highest BCUT2D eigenvalue weighted by atomic mass is 19.1. The molecule has 3 nitrogen and oxygen atoms in total. The number of rotatable bonds is 5. The van der Waals surface area contributed by atoms with Gasteiger partial charge in [0.15, 0.2) is 0 Å². The highest BCUT2D eigenvalue weighted by molar-refractivity contribution is 5.99. The number of aldehydes is 1. The van der Waals surface area contributed by atoms with Gasteiger partial charge in [0.2, 0.25) is 0 Å². The van der Waals surface area contributed by atoms with Crippen molar-refractivity contribution >= 4 is 18.3 Å². The first-order valence-corrected chi connectivity index (χ1v) is 7.95. The van der Waals surface area contributed by atoms with Crippen molar-refractivity contribution in [2.75, 3.05) is 0 Å². The molecule has 128 valence electrons. The Kier molecular flexibility index (Phi) is 5.04. The Morgan fingerprint density at radius 1 is 0.885 bits per heavy atom. The van der Waals surface area contributed by atoms with Crippen LogP contribution in [0.15, 0.2) is 72.8 Å². The first-order chi connectivity index (χ1) is 12.6. The lowest BCUT2D eigenvalue weighted by molar-refractivity contribution is -0.104. The summed E-state index contributed by atoms with van der Waals surface area (Å²) in [7, 11) is 0.